The number of halogens is 3. The monoisotopic (exact) mass is 415 g/mol. The normalized spacial score (nSPS) is 19.7. The Balaban J connectivity index is 0.00000132. The van der Waals surface area contributed by atoms with E-state index in [9.17, 15) is 9.90 Å². The van der Waals surface area contributed by atoms with Gasteiger partial charge in [0.15, 0.2) is 0 Å². The fourth-order valence-electron chi connectivity index (χ4n) is 2.16. The molecule has 0 aromatic carbocycles. The zero-order valence-electron chi connectivity index (χ0n) is 11.8. The molecule has 3 rings (SSSR count). The lowest BCUT2D eigenvalue weighted by atomic mass is 10.1. The number of nitrogens with zero attached hydrogens (tertiary/aromatic N) is 1. The Morgan fingerprint density at radius 3 is 2.83 bits per heavy atom. The van der Waals surface area contributed by atoms with Gasteiger partial charge in [0.05, 0.1) is 15.3 Å². The number of aliphatic hydroxyl groups excluding tert-OH is 1. The van der Waals surface area contributed by atoms with Gasteiger partial charge in [-0.05, 0) is 12.1 Å². The minimum Gasteiger partial charge on any atom is -0.391 e. The van der Waals surface area contributed by atoms with E-state index in [4.69, 9.17) is 11.6 Å². The fraction of sp³-hybridized carbons (Fsp3) is 0.385. The Hall–Kier alpha value is -0.410. The molecule has 5 nitrogen and oxygen atoms in total. The molecule has 0 radical (unpaired) electrons. The molecular formula is C13H16Cl3N3O2S2. The standard InChI is InChI=1S/C13H14ClN3O2S2.2ClH/c14-11-2-1-10(21-11)13-17-8(6-20-13)12(19)16-4-7-3-15-5-9(7)18;;/h1-2,6-7,9,15,18H,3-5H2,(H,16,19);2*1H. The summed E-state index contributed by atoms with van der Waals surface area (Å²) in [5.41, 5.74) is 0.403. The molecule has 0 aliphatic carbocycles. The lowest BCUT2D eigenvalue weighted by Gasteiger charge is -2.13. The Bertz CT molecular complexity index is 650. The number of thiazole rings is 1. The minimum atomic E-state index is -0.399. The summed E-state index contributed by atoms with van der Waals surface area (Å²) in [4.78, 5) is 17.4. The molecule has 0 spiro atoms. The van der Waals surface area contributed by atoms with Crippen LogP contribution in [0.1, 0.15) is 10.5 Å². The Labute approximate surface area is 159 Å². The van der Waals surface area contributed by atoms with Crippen molar-refractivity contribution in [2.45, 2.75) is 6.10 Å². The van der Waals surface area contributed by atoms with Crippen molar-refractivity contribution in [2.75, 3.05) is 19.6 Å². The van der Waals surface area contributed by atoms with E-state index in [0.717, 1.165) is 16.4 Å². The van der Waals surface area contributed by atoms with Gasteiger partial charge in [0.2, 0.25) is 0 Å². The van der Waals surface area contributed by atoms with E-state index >= 15 is 0 Å². The molecule has 128 valence electrons. The van der Waals surface area contributed by atoms with Crippen LogP contribution in [0.5, 0.6) is 0 Å². The maximum Gasteiger partial charge on any atom is 0.270 e. The Morgan fingerprint density at radius 1 is 1.43 bits per heavy atom. The van der Waals surface area contributed by atoms with E-state index in [1.54, 1.807) is 5.38 Å². The number of rotatable bonds is 4. The Kier molecular flexibility index (Phi) is 8.23. The quantitative estimate of drug-likeness (QED) is 0.716. The SMILES string of the molecule is Cl.Cl.O=C(NCC1CNCC1O)c1csc(-c2ccc(Cl)s2)n1. The topological polar surface area (TPSA) is 74.2 Å². The Morgan fingerprint density at radius 2 is 2.22 bits per heavy atom. The first-order valence-electron chi connectivity index (χ1n) is 6.51. The summed E-state index contributed by atoms with van der Waals surface area (Å²) in [5.74, 6) is -0.151. The van der Waals surface area contributed by atoms with Crippen molar-refractivity contribution >= 4 is 65.0 Å². The second kappa shape index (κ2) is 9.17. The molecule has 23 heavy (non-hydrogen) atoms. The number of aliphatic hydroxyl groups is 1. The number of amides is 1. The molecule has 3 heterocycles. The molecule has 1 aliphatic heterocycles. The number of aromatic nitrogens is 1. The van der Waals surface area contributed by atoms with Crippen LogP contribution in [0.4, 0.5) is 0 Å². The summed E-state index contributed by atoms with van der Waals surface area (Å²) in [6.45, 7) is 1.75. The van der Waals surface area contributed by atoms with Gasteiger partial charge in [-0.15, -0.1) is 47.5 Å². The number of hydrogen-bond donors (Lipinski definition) is 3. The van der Waals surface area contributed by atoms with Gasteiger partial charge in [-0.1, -0.05) is 11.6 Å². The number of thiophene rings is 1. The van der Waals surface area contributed by atoms with Crippen molar-refractivity contribution in [3.8, 4) is 9.88 Å². The summed E-state index contributed by atoms with van der Waals surface area (Å²) in [7, 11) is 0. The predicted molar refractivity (Wildman–Crippen MR) is 99.6 cm³/mol. The van der Waals surface area contributed by atoms with Gasteiger partial charge < -0.3 is 15.7 Å². The number of nitrogens with one attached hydrogen (secondary N) is 2. The highest BCUT2D eigenvalue weighted by molar-refractivity contribution is 7.23. The molecule has 2 atom stereocenters. The van der Waals surface area contributed by atoms with Crippen molar-refractivity contribution in [3.05, 3.63) is 27.5 Å². The zero-order valence-corrected chi connectivity index (χ0v) is 15.8. The maximum absolute atomic E-state index is 12.1. The number of carbonyl (C=O) groups excluding carboxylic acids is 1. The van der Waals surface area contributed by atoms with Crippen LogP contribution in [-0.4, -0.2) is 41.7 Å². The largest absolute Gasteiger partial charge is 0.391 e. The van der Waals surface area contributed by atoms with Crippen LogP contribution in [0.25, 0.3) is 9.88 Å². The van der Waals surface area contributed by atoms with Crippen molar-refractivity contribution in [2.24, 2.45) is 5.92 Å². The van der Waals surface area contributed by atoms with Gasteiger partial charge in [-0.25, -0.2) is 4.98 Å². The van der Waals surface area contributed by atoms with Crippen LogP contribution in [0.2, 0.25) is 4.34 Å². The third kappa shape index (κ3) is 5.03. The molecule has 0 saturated carbocycles. The van der Waals surface area contributed by atoms with Gasteiger partial charge in [0.1, 0.15) is 10.7 Å². The smallest absolute Gasteiger partial charge is 0.270 e. The second-order valence-electron chi connectivity index (χ2n) is 4.84. The first kappa shape index (κ1) is 20.6. The third-order valence-corrected chi connectivity index (χ3v) is 5.59. The average Bonchev–Trinajstić information content (AvgIpc) is 3.16. The van der Waals surface area contributed by atoms with E-state index in [1.807, 2.05) is 12.1 Å². The molecular weight excluding hydrogens is 401 g/mol. The van der Waals surface area contributed by atoms with Crippen LogP contribution < -0.4 is 10.6 Å². The second-order valence-corrected chi connectivity index (χ2v) is 7.41. The minimum absolute atomic E-state index is 0. The lowest BCUT2D eigenvalue weighted by Crippen LogP contribution is -2.34. The summed E-state index contributed by atoms with van der Waals surface area (Å²) in [6, 6.07) is 3.71. The first-order valence-corrected chi connectivity index (χ1v) is 8.59. The van der Waals surface area contributed by atoms with Crippen molar-refractivity contribution in [3.63, 3.8) is 0 Å². The van der Waals surface area contributed by atoms with Gasteiger partial charge in [0.25, 0.3) is 5.91 Å². The van der Waals surface area contributed by atoms with Crippen LogP contribution in [0.3, 0.4) is 0 Å². The molecule has 2 unspecified atom stereocenters. The van der Waals surface area contributed by atoms with Gasteiger partial charge in [-0.2, -0.15) is 0 Å². The summed E-state index contributed by atoms with van der Waals surface area (Å²) < 4.78 is 0.703. The molecule has 2 aromatic rings. The van der Waals surface area contributed by atoms with E-state index in [2.05, 4.69) is 15.6 Å². The molecule has 0 bridgehead atoms. The summed E-state index contributed by atoms with van der Waals surface area (Å²) >= 11 is 8.76. The predicted octanol–water partition coefficient (Wildman–Crippen LogP) is 2.68. The van der Waals surface area contributed by atoms with Crippen LogP contribution >= 0.6 is 59.1 Å². The fourth-order valence-corrected chi connectivity index (χ4v) is 4.08. The van der Waals surface area contributed by atoms with Crippen molar-refractivity contribution in [1.82, 2.24) is 15.6 Å². The van der Waals surface area contributed by atoms with Crippen LogP contribution in [0.15, 0.2) is 17.5 Å². The first-order chi connectivity index (χ1) is 10.1. The van der Waals surface area contributed by atoms with Gasteiger partial charge in [-0.3, -0.25) is 4.79 Å². The van der Waals surface area contributed by atoms with Gasteiger partial charge in [0, 0.05) is 30.9 Å². The maximum atomic E-state index is 12.1. The van der Waals surface area contributed by atoms with Crippen LogP contribution in [-0.2, 0) is 0 Å². The number of carbonyl (C=O) groups is 1. The van der Waals surface area contributed by atoms with Crippen molar-refractivity contribution < 1.29 is 9.90 Å². The highest BCUT2D eigenvalue weighted by Crippen LogP contribution is 2.32. The van der Waals surface area contributed by atoms with E-state index in [0.29, 0.717) is 23.1 Å². The number of β-amino-alcohol motifs (C(OH)–C–C–N with tert-alkyl or cyclic N) is 1. The molecule has 1 fully saturated rings. The van der Waals surface area contributed by atoms with E-state index in [1.165, 1.54) is 22.7 Å². The zero-order chi connectivity index (χ0) is 14.8. The molecule has 3 N–H and O–H groups in total. The molecule has 2 aromatic heterocycles. The summed E-state index contributed by atoms with van der Waals surface area (Å²) in [6.07, 6.45) is -0.399. The van der Waals surface area contributed by atoms with E-state index < -0.39 is 6.10 Å². The molecule has 10 heteroatoms. The molecule has 1 saturated heterocycles. The van der Waals surface area contributed by atoms with E-state index in [-0.39, 0.29) is 36.6 Å². The van der Waals surface area contributed by atoms with Crippen LogP contribution in [0, 0.1) is 5.92 Å². The highest BCUT2D eigenvalue weighted by atomic mass is 35.5. The molecule has 1 aliphatic rings. The highest BCUT2D eigenvalue weighted by Gasteiger charge is 2.25. The lowest BCUT2D eigenvalue weighted by molar-refractivity contribution is 0.0923. The molecule has 1 amide bonds. The van der Waals surface area contributed by atoms with Gasteiger partial charge >= 0.3 is 0 Å². The number of hydrogen-bond acceptors (Lipinski definition) is 6. The van der Waals surface area contributed by atoms with Crippen molar-refractivity contribution in [1.29, 1.82) is 0 Å². The summed E-state index contributed by atoms with van der Waals surface area (Å²) in [5, 5.41) is 18.1. The average molecular weight is 417 g/mol. The third-order valence-electron chi connectivity index (χ3n) is 3.35.